The molecule has 1 aliphatic heterocycles. The summed E-state index contributed by atoms with van der Waals surface area (Å²) in [4.78, 5) is 28.7. The molecule has 2 heterocycles. The van der Waals surface area contributed by atoms with E-state index < -0.39 is 0 Å². The number of carbonyl (C=O) groups is 2. The van der Waals surface area contributed by atoms with Crippen LogP contribution in [0.3, 0.4) is 0 Å². The van der Waals surface area contributed by atoms with Crippen molar-refractivity contribution < 1.29 is 9.59 Å². The van der Waals surface area contributed by atoms with Gasteiger partial charge in [-0.25, -0.2) is 5.01 Å². The normalized spacial score (nSPS) is 14.0. The van der Waals surface area contributed by atoms with Gasteiger partial charge in [-0.3, -0.25) is 9.59 Å². The van der Waals surface area contributed by atoms with E-state index in [0.29, 0.717) is 24.5 Å². The molecule has 0 fully saturated rings. The van der Waals surface area contributed by atoms with Crippen molar-refractivity contribution in [2.75, 3.05) is 13.1 Å². The van der Waals surface area contributed by atoms with Gasteiger partial charge in [-0.15, -0.1) is 0 Å². The van der Waals surface area contributed by atoms with Gasteiger partial charge in [-0.2, -0.15) is 5.10 Å². The number of nitrogens with one attached hydrogen (secondary N) is 2. The van der Waals surface area contributed by atoms with Gasteiger partial charge in [0.1, 0.15) is 0 Å². The van der Waals surface area contributed by atoms with E-state index in [9.17, 15) is 9.59 Å². The number of carbonyl (C=O) groups excluding carboxylic acids is 2. The topological polar surface area (TPSA) is 77.6 Å². The number of halogens is 1. The van der Waals surface area contributed by atoms with Crippen LogP contribution in [0.4, 0.5) is 0 Å². The maximum Gasteiger partial charge on any atom is 0.243 e. The number of rotatable bonds is 8. The monoisotopic (exact) mass is 498 g/mol. The van der Waals surface area contributed by atoms with Crippen molar-refractivity contribution in [3.8, 4) is 0 Å². The number of hydrazone groups is 1. The molecular formula is C29H27ClN4O2. The van der Waals surface area contributed by atoms with Crippen LogP contribution in [0.5, 0.6) is 0 Å². The summed E-state index contributed by atoms with van der Waals surface area (Å²) in [5.74, 6) is -0.451. The maximum atomic E-state index is 12.7. The van der Waals surface area contributed by atoms with Gasteiger partial charge in [0.15, 0.2) is 0 Å². The molecule has 7 heteroatoms. The fourth-order valence-electron chi connectivity index (χ4n) is 4.65. The van der Waals surface area contributed by atoms with Crippen LogP contribution >= 0.6 is 11.6 Å². The third-order valence-corrected chi connectivity index (χ3v) is 6.89. The second kappa shape index (κ2) is 10.8. The molecule has 0 saturated carbocycles. The summed E-state index contributed by atoms with van der Waals surface area (Å²) in [5.41, 5.74) is 4.96. The lowest BCUT2D eigenvalue weighted by molar-refractivity contribution is -0.133. The lowest BCUT2D eigenvalue weighted by Crippen LogP contribution is -2.31. The summed E-state index contributed by atoms with van der Waals surface area (Å²) < 4.78 is 0. The Kier molecular flexibility index (Phi) is 7.14. The molecule has 36 heavy (non-hydrogen) atoms. The fraction of sp³-hybridized carbons (Fsp3) is 0.207. The minimum Gasteiger partial charge on any atom is -0.361 e. The van der Waals surface area contributed by atoms with E-state index in [4.69, 9.17) is 11.6 Å². The number of aromatic amines is 1. The Morgan fingerprint density at radius 1 is 0.944 bits per heavy atom. The highest BCUT2D eigenvalue weighted by atomic mass is 35.5. The summed E-state index contributed by atoms with van der Waals surface area (Å²) in [6.45, 7) is 0.915. The van der Waals surface area contributed by atoms with Gasteiger partial charge >= 0.3 is 0 Å². The summed E-state index contributed by atoms with van der Waals surface area (Å²) in [6.07, 6.45) is 2.91. The predicted molar refractivity (Wildman–Crippen MR) is 143 cm³/mol. The molecule has 4 aromatic rings. The maximum absolute atomic E-state index is 12.7. The largest absolute Gasteiger partial charge is 0.361 e. The molecular weight excluding hydrogens is 472 g/mol. The minimum atomic E-state index is -0.174. The minimum absolute atomic E-state index is 0.106. The first kappa shape index (κ1) is 23.8. The van der Waals surface area contributed by atoms with Gasteiger partial charge in [0.2, 0.25) is 11.8 Å². The number of H-pyrrole nitrogens is 1. The number of amides is 2. The average Bonchev–Trinajstić information content (AvgIpc) is 3.57. The van der Waals surface area contributed by atoms with Gasteiger partial charge < -0.3 is 10.3 Å². The summed E-state index contributed by atoms with van der Waals surface area (Å²) in [5, 5.41) is 10.7. The Hall–Kier alpha value is -3.90. The molecule has 5 rings (SSSR count). The third kappa shape index (κ3) is 5.19. The van der Waals surface area contributed by atoms with Crippen LogP contribution in [0.15, 0.2) is 90.2 Å². The highest BCUT2D eigenvalue weighted by Crippen LogP contribution is 2.34. The molecule has 0 aliphatic carbocycles. The molecule has 2 N–H and O–H groups in total. The molecule has 1 unspecified atom stereocenters. The Morgan fingerprint density at radius 2 is 1.69 bits per heavy atom. The van der Waals surface area contributed by atoms with Gasteiger partial charge in [-0.05, 0) is 28.8 Å². The van der Waals surface area contributed by atoms with Crippen molar-refractivity contribution in [2.24, 2.45) is 5.10 Å². The lowest BCUT2D eigenvalue weighted by atomic mass is 9.90. The number of benzene rings is 3. The quantitative estimate of drug-likeness (QED) is 0.337. The van der Waals surface area contributed by atoms with Crippen molar-refractivity contribution in [1.29, 1.82) is 0 Å². The zero-order valence-electron chi connectivity index (χ0n) is 19.8. The van der Waals surface area contributed by atoms with Crippen molar-refractivity contribution >= 4 is 40.0 Å². The first-order valence-corrected chi connectivity index (χ1v) is 12.5. The van der Waals surface area contributed by atoms with Gasteiger partial charge in [0.25, 0.3) is 0 Å². The summed E-state index contributed by atoms with van der Waals surface area (Å²) >= 11 is 6.55. The van der Waals surface area contributed by atoms with Gasteiger partial charge in [0.05, 0.1) is 12.3 Å². The average molecular weight is 499 g/mol. The Labute approximate surface area is 215 Å². The van der Waals surface area contributed by atoms with Crippen molar-refractivity contribution in [1.82, 2.24) is 15.3 Å². The smallest absolute Gasteiger partial charge is 0.243 e. The molecule has 3 aromatic carbocycles. The molecule has 0 spiro atoms. The van der Waals surface area contributed by atoms with Crippen LogP contribution in [0, 0.1) is 0 Å². The molecule has 1 aliphatic rings. The third-order valence-electron chi connectivity index (χ3n) is 6.54. The Morgan fingerprint density at radius 3 is 2.53 bits per heavy atom. The second-order valence-electron chi connectivity index (χ2n) is 8.85. The van der Waals surface area contributed by atoms with E-state index in [2.05, 4.69) is 21.5 Å². The zero-order valence-corrected chi connectivity index (χ0v) is 20.5. The fourth-order valence-corrected chi connectivity index (χ4v) is 4.92. The Balaban J connectivity index is 1.23. The first-order chi connectivity index (χ1) is 17.6. The van der Waals surface area contributed by atoms with E-state index in [1.54, 1.807) is 0 Å². The van der Waals surface area contributed by atoms with E-state index >= 15 is 0 Å². The second-order valence-corrected chi connectivity index (χ2v) is 9.25. The number of hydrogen-bond acceptors (Lipinski definition) is 3. The van der Waals surface area contributed by atoms with Crippen LogP contribution in [0.1, 0.15) is 41.9 Å². The predicted octanol–water partition coefficient (Wildman–Crippen LogP) is 5.49. The highest BCUT2D eigenvalue weighted by Gasteiger charge is 2.24. The van der Waals surface area contributed by atoms with Crippen LogP contribution in [0.25, 0.3) is 10.9 Å². The lowest BCUT2D eigenvalue weighted by Gasteiger charge is -2.19. The van der Waals surface area contributed by atoms with Crippen LogP contribution < -0.4 is 5.32 Å². The van der Waals surface area contributed by atoms with Crippen LogP contribution in [0.2, 0.25) is 5.02 Å². The van der Waals surface area contributed by atoms with Crippen molar-refractivity contribution in [3.05, 3.63) is 107 Å². The number of aromatic nitrogens is 1. The zero-order chi connectivity index (χ0) is 24.9. The van der Waals surface area contributed by atoms with E-state index in [-0.39, 0.29) is 30.6 Å². The van der Waals surface area contributed by atoms with Crippen molar-refractivity contribution in [2.45, 2.75) is 25.2 Å². The van der Waals surface area contributed by atoms with E-state index in [1.165, 1.54) is 5.01 Å². The molecule has 6 nitrogen and oxygen atoms in total. The van der Waals surface area contributed by atoms with E-state index in [1.807, 2.05) is 79.0 Å². The SMILES string of the molecule is O=C(CCC(=O)N1CCC(c2ccccc2)=N1)NCC(c1ccccc1Cl)c1c[nH]c2ccccc12. The molecule has 2 amide bonds. The molecule has 0 bridgehead atoms. The highest BCUT2D eigenvalue weighted by molar-refractivity contribution is 6.31. The molecule has 182 valence electrons. The molecule has 1 atom stereocenters. The number of hydrogen-bond donors (Lipinski definition) is 2. The van der Waals surface area contributed by atoms with Crippen molar-refractivity contribution in [3.63, 3.8) is 0 Å². The standard InChI is InChI=1S/C29H27ClN4O2/c30-25-12-6-4-10-21(25)23(24-18-31-27-13-7-5-11-22(24)27)19-32-28(35)14-15-29(36)34-17-16-26(33-34)20-8-2-1-3-9-20/h1-13,18,23,31H,14-17,19H2,(H,32,35). The molecule has 1 aromatic heterocycles. The summed E-state index contributed by atoms with van der Waals surface area (Å²) in [7, 11) is 0. The number of para-hydroxylation sites is 1. The van der Waals surface area contributed by atoms with E-state index in [0.717, 1.165) is 33.3 Å². The molecule has 0 saturated heterocycles. The van der Waals surface area contributed by atoms with Gasteiger partial charge in [0, 0.05) is 53.8 Å². The first-order valence-electron chi connectivity index (χ1n) is 12.1. The van der Waals surface area contributed by atoms with Crippen LogP contribution in [-0.2, 0) is 9.59 Å². The summed E-state index contributed by atoms with van der Waals surface area (Å²) in [6, 6.07) is 25.6. The molecule has 0 radical (unpaired) electrons. The Bertz CT molecular complexity index is 1410. The van der Waals surface area contributed by atoms with Gasteiger partial charge in [-0.1, -0.05) is 78.3 Å². The number of fused-ring (bicyclic) bond motifs is 1. The number of nitrogens with zero attached hydrogens (tertiary/aromatic N) is 2. The van der Waals surface area contributed by atoms with Crippen LogP contribution in [-0.4, -0.2) is 40.6 Å².